The number of hydrogen-bond acceptors (Lipinski definition) is 3. The zero-order valence-corrected chi connectivity index (χ0v) is 10.3. The van der Waals surface area contributed by atoms with E-state index in [2.05, 4.69) is 37.3 Å². The van der Waals surface area contributed by atoms with Crippen molar-refractivity contribution in [3.8, 4) is 0 Å². The zero-order chi connectivity index (χ0) is 11.2. The number of benzene rings is 1. The smallest absolute Gasteiger partial charge is 0.0724 e. The van der Waals surface area contributed by atoms with Gasteiger partial charge in [0.15, 0.2) is 0 Å². The van der Waals surface area contributed by atoms with Gasteiger partial charge < -0.3 is 5.32 Å². The molecule has 0 spiro atoms. The van der Waals surface area contributed by atoms with Gasteiger partial charge in [0.25, 0.3) is 0 Å². The average Bonchev–Trinajstić information content (AvgIpc) is 2.33. The second kappa shape index (κ2) is 5.72. The monoisotopic (exact) mass is 277 g/mol. The van der Waals surface area contributed by atoms with E-state index in [0.717, 1.165) is 23.3 Å². The van der Waals surface area contributed by atoms with Crippen molar-refractivity contribution < 1.29 is 0 Å². The molecule has 0 saturated carbocycles. The fourth-order valence-electron chi connectivity index (χ4n) is 1.39. The van der Waals surface area contributed by atoms with Gasteiger partial charge in [-0.25, -0.2) is 0 Å². The molecule has 0 fully saturated rings. The van der Waals surface area contributed by atoms with E-state index < -0.39 is 0 Å². The summed E-state index contributed by atoms with van der Waals surface area (Å²) in [7, 11) is 0. The third-order valence-corrected chi connectivity index (χ3v) is 2.97. The van der Waals surface area contributed by atoms with Crippen molar-refractivity contribution in [3.63, 3.8) is 0 Å². The summed E-state index contributed by atoms with van der Waals surface area (Å²) < 4.78 is 1.13. The van der Waals surface area contributed by atoms with Gasteiger partial charge in [0.05, 0.1) is 5.69 Å². The van der Waals surface area contributed by atoms with Crippen LogP contribution in [0.15, 0.2) is 47.3 Å². The number of hydrogen-bond donors (Lipinski definition) is 1. The van der Waals surface area contributed by atoms with Crippen molar-refractivity contribution in [2.45, 2.75) is 13.1 Å². The highest BCUT2D eigenvalue weighted by Crippen LogP contribution is 2.15. The van der Waals surface area contributed by atoms with E-state index in [1.54, 1.807) is 18.6 Å². The number of nitrogens with one attached hydrogen (secondary N) is 1. The Bertz CT molecular complexity index is 445. The van der Waals surface area contributed by atoms with E-state index in [9.17, 15) is 0 Å². The summed E-state index contributed by atoms with van der Waals surface area (Å²) in [5.74, 6) is 0. The third kappa shape index (κ3) is 3.12. The Hall–Kier alpha value is -1.26. The molecule has 1 N–H and O–H groups in total. The van der Waals surface area contributed by atoms with Gasteiger partial charge in [0, 0.05) is 36.2 Å². The molecule has 3 nitrogen and oxygen atoms in total. The molecule has 1 heterocycles. The molecule has 2 rings (SSSR count). The van der Waals surface area contributed by atoms with Crippen molar-refractivity contribution in [2.75, 3.05) is 0 Å². The standard InChI is InChI=1S/C12H12BrN3/c13-12-4-2-1-3-10(12)7-15-9-11-8-14-5-6-16-11/h1-6,8,15H,7,9H2. The predicted octanol–water partition coefficient (Wildman–Crippen LogP) is 2.53. The van der Waals surface area contributed by atoms with E-state index in [0.29, 0.717) is 0 Å². The van der Waals surface area contributed by atoms with Gasteiger partial charge in [-0.15, -0.1) is 0 Å². The molecular formula is C12H12BrN3. The molecule has 1 aromatic heterocycles. The lowest BCUT2D eigenvalue weighted by Crippen LogP contribution is -2.14. The van der Waals surface area contributed by atoms with Crippen LogP contribution in [0.2, 0.25) is 0 Å². The van der Waals surface area contributed by atoms with Crippen molar-refractivity contribution in [3.05, 3.63) is 58.6 Å². The minimum atomic E-state index is 0.731. The summed E-state index contributed by atoms with van der Waals surface area (Å²) in [4.78, 5) is 8.21. The van der Waals surface area contributed by atoms with Gasteiger partial charge in [-0.3, -0.25) is 9.97 Å². The molecular weight excluding hydrogens is 266 g/mol. The average molecular weight is 278 g/mol. The number of nitrogens with zero attached hydrogens (tertiary/aromatic N) is 2. The van der Waals surface area contributed by atoms with Crippen LogP contribution in [0, 0.1) is 0 Å². The first kappa shape index (κ1) is 11.2. The van der Waals surface area contributed by atoms with E-state index >= 15 is 0 Å². The molecule has 0 unspecified atom stereocenters. The minimum absolute atomic E-state index is 0.731. The van der Waals surface area contributed by atoms with Crippen LogP contribution in [-0.4, -0.2) is 9.97 Å². The van der Waals surface area contributed by atoms with Crippen LogP contribution >= 0.6 is 15.9 Å². The maximum Gasteiger partial charge on any atom is 0.0724 e. The van der Waals surface area contributed by atoms with E-state index in [1.165, 1.54) is 5.56 Å². The molecule has 0 atom stereocenters. The lowest BCUT2D eigenvalue weighted by Gasteiger charge is -2.05. The van der Waals surface area contributed by atoms with Crippen LogP contribution in [0.4, 0.5) is 0 Å². The van der Waals surface area contributed by atoms with Crippen LogP contribution in [0.5, 0.6) is 0 Å². The lowest BCUT2D eigenvalue weighted by atomic mass is 10.2. The van der Waals surface area contributed by atoms with E-state index in [1.807, 2.05) is 18.2 Å². The summed E-state index contributed by atoms with van der Waals surface area (Å²) in [6, 6.07) is 8.17. The van der Waals surface area contributed by atoms with Gasteiger partial charge in [-0.1, -0.05) is 34.1 Å². The summed E-state index contributed by atoms with van der Waals surface area (Å²) in [5, 5.41) is 3.33. The van der Waals surface area contributed by atoms with E-state index in [-0.39, 0.29) is 0 Å². The molecule has 0 aliphatic rings. The lowest BCUT2D eigenvalue weighted by molar-refractivity contribution is 0.675. The molecule has 1 aromatic carbocycles. The molecule has 0 bridgehead atoms. The topological polar surface area (TPSA) is 37.8 Å². The van der Waals surface area contributed by atoms with Crippen molar-refractivity contribution in [2.24, 2.45) is 0 Å². The zero-order valence-electron chi connectivity index (χ0n) is 8.73. The van der Waals surface area contributed by atoms with Crippen molar-refractivity contribution in [1.82, 2.24) is 15.3 Å². The Balaban J connectivity index is 1.87. The molecule has 0 saturated heterocycles. The van der Waals surface area contributed by atoms with Crippen LogP contribution < -0.4 is 5.32 Å². The van der Waals surface area contributed by atoms with Gasteiger partial charge >= 0.3 is 0 Å². The molecule has 16 heavy (non-hydrogen) atoms. The Labute approximate surface area is 103 Å². The largest absolute Gasteiger partial charge is 0.307 e. The fourth-order valence-corrected chi connectivity index (χ4v) is 1.81. The van der Waals surface area contributed by atoms with Crippen LogP contribution in [0.1, 0.15) is 11.3 Å². The third-order valence-electron chi connectivity index (χ3n) is 2.20. The first-order valence-electron chi connectivity index (χ1n) is 5.05. The molecule has 0 amide bonds. The second-order valence-corrected chi connectivity index (χ2v) is 4.25. The summed E-state index contributed by atoms with van der Waals surface area (Å²) in [6.45, 7) is 1.55. The number of aromatic nitrogens is 2. The number of halogens is 1. The Morgan fingerprint density at radius 2 is 2.00 bits per heavy atom. The number of rotatable bonds is 4. The normalized spacial score (nSPS) is 10.3. The molecule has 0 radical (unpaired) electrons. The Kier molecular flexibility index (Phi) is 4.02. The van der Waals surface area contributed by atoms with Crippen molar-refractivity contribution in [1.29, 1.82) is 0 Å². The molecule has 0 aliphatic heterocycles. The van der Waals surface area contributed by atoms with Gasteiger partial charge in [0.1, 0.15) is 0 Å². The molecule has 2 aromatic rings. The highest BCUT2D eigenvalue weighted by atomic mass is 79.9. The Morgan fingerprint density at radius 3 is 2.75 bits per heavy atom. The molecule has 0 aliphatic carbocycles. The Morgan fingerprint density at radius 1 is 1.12 bits per heavy atom. The second-order valence-electron chi connectivity index (χ2n) is 3.39. The first-order chi connectivity index (χ1) is 7.86. The summed E-state index contributed by atoms with van der Waals surface area (Å²) in [6.07, 6.45) is 5.15. The highest BCUT2D eigenvalue weighted by Gasteiger charge is 1.98. The summed E-state index contributed by atoms with van der Waals surface area (Å²) in [5.41, 5.74) is 2.20. The van der Waals surface area contributed by atoms with Crippen LogP contribution in [0.3, 0.4) is 0 Å². The maximum atomic E-state index is 4.20. The van der Waals surface area contributed by atoms with Gasteiger partial charge in [-0.05, 0) is 11.6 Å². The molecule has 4 heteroatoms. The molecule has 82 valence electrons. The van der Waals surface area contributed by atoms with Crippen molar-refractivity contribution >= 4 is 15.9 Å². The minimum Gasteiger partial charge on any atom is -0.307 e. The van der Waals surface area contributed by atoms with E-state index in [4.69, 9.17) is 0 Å². The fraction of sp³-hybridized carbons (Fsp3) is 0.167. The maximum absolute atomic E-state index is 4.20. The van der Waals surface area contributed by atoms with Gasteiger partial charge in [0.2, 0.25) is 0 Å². The summed E-state index contributed by atoms with van der Waals surface area (Å²) >= 11 is 3.51. The van der Waals surface area contributed by atoms with Crippen LogP contribution in [0.25, 0.3) is 0 Å². The highest BCUT2D eigenvalue weighted by molar-refractivity contribution is 9.10. The quantitative estimate of drug-likeness (QED) is 0.933. The first-order valence-corrected chi connectivity index (χ1v) is 5.84. The SMILES string of the molecule is Brc1ccccc1CNCc1cnccn1. The predicted molar refractivity (Wildman–Crippen MR) is 66.7 cm³/mol. The van der Waals surface area contributed by atoms with Crippen LogP contribution in [-0.2, 0) is 13.1 Å². The van der Waals surface area contributed by atoms with Gasteiger partial charge in [-0.2, -0.15) is 0 Å².